The van der Waals surface area contributed by atoms with Crippen LogP contribution in [0, 0.1) is 0 Å². The van der Waals surface area contributed by atoms with Crippen molar-refractivity contribution >= 4 is 33.6 Å². The van der Waals surface area contributed by atoms with Crippen molar-refractivity contribution in [2.24, 2.45) is 0 Å². The first kappa shape index (κ1) is 18.2. The predicted octanol–water partition coefficient (Wildman–Crippen LogP) is 4.84. The molecule has 0 unspecified atom stereocenters. The van der Waals surface area contributed by atoms with Gasteiger partial charge < -0.3 is 5.32 Å². The molecule has 3 aromatic carbocycles. The highest BCUT2D eigenvalue weighted by Crippen LogP contribution is 2.27. The van der Waals surface area contributed by atoms with Gasteiger partial charge in [0.25, 0.3) is 5.91 Å². The monoisotopic (exact) mass is 363 g/mol. The fourth-order valence-electron chi connectivity index (χ4n) is 2.80. The highest BCUT2D eigenvalue weighted by molar-refractivity contribution is 8.13. The van der Waals surface area contributed by atoms with Gasteiger partial charge in [-0.05, 0) is 47.0 Å². The van der Waals surface area contributed by atoms with Gasteiger partial charge in [-0.3, -0.25) is 9.59 Å². The van der Waals surface area contributed by atoms with Crippen LogP contribution in [0.1, 0.15) is 29.3 Å². The van der Waals surface area contributed by atoms with Crippen molar-refractivity contribution in [1.82, 2.24) is 5.32 Å². The molecule has 0 bridgehead atoms. The van der Waals surface area contributed by atoms with Gasteiger partial charge in [-0.25, -0.2) is 0 Å². The van der Waals surface area contributed by atoms with Crippen molar-refractivity contribution in [2.45, 2.75) is 24.7 Å². The molecule has 0 aliphatic carbocycles. The van der Waals surface area contributed by atoms with E-state index in [2.05, 4.69) is 23.5 Å². The minimum absolute atomic E-state index is 0.0596. The number of hydrogen-bond donors (Lipinski definition) is 1. The van der Waals surface area contributed by atoms with Gasteiger partial charge in [0.1, 0.15) is 0 Å². The molecule has 3 nitrogen and oxygen atoms in total. The van der Waals surface area contributed by atoms with Gasteiger partial charge in [-0.1, -0.05) is 61.2 Å². The molecule has 4 heteroatoms. The Bertz CT molecular complexity index is 922. The van der Waals surface area contributed by atoms with Crippen LogP contribution in [0.2, 0.25) is 0 Å². The van der Waals surface area contributed by atoms with Crippen molar-refractivity contribution in [1.29, 1.82) is 0 Å². The summed E-state index contributed by atoms with van der Waals surface area (Å²) >= 11 is 1.28. The SMILES string of the molecule is CCC(=O)Sc1ccc2cccc(CCNC(=O)c3ccccc3)c2c1. The van der Waals surface area contributed by atoms with E-state index in [-0.39, 0.29) is 11.0 Å². The normalized spacial score (nSPS) is 10.7. The summed E-state index contributed by atoms with van der Waals surface area (Å²) in [7, 11) is 0. The van der Waals surface area contributed by atoms with Crippen LogP contribution in [0.15, 0.2) is 71.6 Å². The lowest BCUT2D eigenvalue weighted by Crippen LogP contribution is -2.25. The molecule has 3 rings (SSSR count). The van der Waals surface area contributed by atoms with E-state index in [1.165, 1.54) is 17.3 Å². The third kappa shape index (κ3) is 4.52. The molecule has 0 saturated carbocycles. The number of rotatable bonds is 6. The fraction of sp³-hybridized carbons (Fsp3) is 0.182. The second-order valence-electron chi connectivity index (χ2n) is 6.00. The summed E-state index contributed by atoms with van der Waals surface area (Å²) < 4.78 is 0. The Morgan fingerprint density at radius 3 is 2.54 bits per heavy atom. The molecule has 0 aliphatic rings. The maximum atomic E-state index is 12.2. The predicted molar refractivity (Wildman–Crippen MR) is 108 cm³/mol. The van der Waals surface area contributed by atoms with Crippen molar-refractivity contribution < 1.29 is 9.59 Å². The molecule has 0 spiro atoms. The topological polar surface area (TPSA) is 46.2 Å². The zero-order valence-electron chi connectivity index (χ0n) is 14.7. The van der Waals surface area contributed by atoms with E-state index in [4.69, 9.17) is 0 Å². The summed E-state index contributed by atoms with van der Waals surface area (Å²) in [4.78, 5) is 24.8. The Morgan fingerprint density at radius 2 is 1.77 bits per heavy atom. The Kier molecular flexibility index (Phi) is 6.08. The second-order valence-corrected chi connectivity index (χ2v) is 7.13. The van der Waals surface area contributed by atoms with E-state index in [0.29, 0.717) is 18.5 Å². The quantitative estimate of drug-likeness (QED) is 0.637. The summed E-state index contributed by atoms with van der Waals surface area (Å²) in [6, 6.07) is 21.5. The Morgan fingerprint density at radius 1 is 0.962 bits per heavy atom. The summed E-state index contributed by atoms with van der Waals surface area (Å²) in [5.41, 5.74) is 1.84. The fourth-order valence-corrected chi connectivity index (χ4v) is 3.52. The molecule has 132 valence electrons. The lowest BCUT2D eigenvalue weighted by molar-refractivity contribution is -0.110. The summed E-state index contributed by atoms with van der Waals surface area (Å²) in [5, 5.41) is 5.41. The van der Waals surface area contributed by atoms with Crippen LogP contribution >= 0.6 is 11.8 Å². The number of amides is 1. The molecule has 1 amide bonds. The van der Waals surface area contributed by atoms with E-state index >= 15 is 0 Å². The molecule has 3 aromatic rings. The van der Waals surface area contributed by atoms with Crippen LogP contribution < -0.4 is 5.32 Å². The number of benzene rings is 3. The van der Waals surface area contributed by atoms with Crippen LogP contribution in [0.3, 0.4) is 0 Å². The minimum atomic E-state index is -0.0596. The van der Waals surface area contributed by atoms with E-state index < -0.39 is 0 Å². The van der Waals surface area contributed by atoms with E-state index in [9.17, 15) is 9.59 Å². The molecule has 0 radical (unpaired) electrons. The molecule has 0 aliphatic heterocycles. The maximum absolute atomic E-state index is 12.2. The molecular weight excluding hydrogens is 342 g/mol. The first-order valence-corrected chi connectivity index (χ1v) is 9.54. The van der Waals surface area contributed by atoms with E-state index in [0.717, 1.165) is 22.1 Å². The number of fused-ring (bicyclic) bond motifs is 1. The van der Waals surface area contributed by atoms with Gasteiger partial charge >= 0.3 is 0 Å². The van der Waals surface area contributed by atoms with Gasteiger partial charge in [0, 0.05) is 23.4 Å². The van der Waals surface area contributed by atoms with Crippen LogP contribution in [0.4, 0.5) is 0 Å². The molecule has 0 saturated heterocycles. The largest absolute Gasteiger partial charge is 0.352 e. The van der Waals surface area contributed by atoms with E-state index in [1.54, 1.807) is 0 Å². The zero-order chi connectivity index (χ0) is 18.4. The van der Waals surface area contributed by atoms with Crippen LogP contribution in [-0.2, 0) is 11.2 Å². The summed E-state index contributed by atoms with van der Waals surface area (Å²) in [6.45, 7) is 2.44. The number of thioether (sulfide) groups is 1. The average Bonchev–Trinajstić information content (AvgIpc) is 2.68. The Balaban J connectivity index is 1.71. The number of carbonyl (C=O) groups is 2. The van der Waals surface area contributed by atoms with Gasteiger partial charge in [-0.15, -0.1) is 0 Å². The van der Waals surface area contributed by atoms with Crippen molar-refractivity contribution in [3.05, 3.63) is 77.9 Å². The Hall–Kier alpha value is -2.59. The molecule has 0 fully saturated rings. The first-order valence-electron chi connectivity index (χ1n) is 8.73. The highest BCUT2D eigenvalue weighted by Gasteiger charge is 2.07. The molecule has 0 atom stereocenters. The van der Waals surface area contributed by atoms with Gasteiger partial charge in [0.2, 0.25) is 0 Å². The Labute approximate surface area is 157 Å². The number of carbonyl (C=O) groups excluding carboxylic acids is 2. The lowest BCUT2D eigenvalue weighted by Gasteiger charge is -2.10. The third-order valence-electron chi connectivity index (χ3n) is 4.18. The van der Waals surface area contributed by atoms with Crippen LogP contribution in [-0.4, -0.2) is 17.6 Å². The van der Waals surface area contributed by atoms with Crippen molar-refractivity contribution in [3.63, 3.8) is 0 Å². The summed E-state index contributed by atoms with van der Waals surface area (Å²) in [6.07, 6.45) is 1.27. The molecule has 0 aromatic heterocycles. The van der Waals surface area contributed by atoms with Gasteiger partial charge in [0.15, 0.2) is 5.12 Å². The average molecular weight is 363 g/mol. The molecule has 1 N–H and O–H groups in total. The van der Waals surface area contributed by atoms with Crippen molar-refractivity contribution in [3.8, 4) is 0 Å². The van der Waals surface area contributed by atoms with Gasteiger partial charge in [0.05, 0.1) is 0 Å². The maximum Gasteiger partial charge on any atom is 0.251 e. The molecule has 0 heterocycles. The van der Waals surface area contributed by atoms with Gasteiger partial charge in [-0.2, -0.15) is 0 Å². The van der Waals surface area contributed by atoms with Crippen LogP contribution in [0.5, 0.6) is 0 Å². The molecule has 26 heavy (non-hydrogen) atoms. The zero-order valence-corrected chi connectivity index (χ0v) is 15.5. The second kappa shape index (κ2) is 8.68. The molecular formula is C22H21NO2S. The smallest absolute Gasteiger partial charge is 0.251 e. The summed E-state index contributed by atoms with van der Waals surface area (Å²) in [5.74, 6) is -0.0596. The van der Waals surface area contributed by atoms with E-state index in [1.807, 2.05) is 55.5 Å². The number of nitrogens with one attached hydrogen (secondary N) is 1. The van der Waals surface area contributed by atoms with Crippen LogP contribution in [0.25, 0.3) is 10.8 Å². The highest BCUT2D eigenvalue weighted by atomic mass is 32.2. The standard InChI is InChI=1S/C22H21NO2S/c1-2-21(24)26-19-12-11-16-9-6-10-17(20(16)15-19)13-14-23-22(25)18-7-4-3-5-8-18/h3-12,15H,2,13-14H2,1H3,(H,23,25). The first-order chi connectivity index (χ1) is 12.7. The third-order valence-corrected chi connectivity index (χ3v) is 5.19. The number of hydrogen-bond acceptors (Lipinski definition) is 3. The minimum Gasteiger partial charge on any atom is -0.352 e. The van der Waals surface area contributed by atoms with Crippen molar-refractivity contribution in [2.75, 3.05) is 6.54 Å². The lowest BCUT2D eigenvalue weighted by atomic mass is 10.0.